The number of hydrogen-bond donors (Lipinski definition) is 2. The number of nitrogens with zero attached hydrogens (tertiary/aromatic N) is 1. The number of aromatic nitrogens is 1. The molecular formula is C11H18ClN3. The lowest BCUT2D eigenvalue weighted by Gasteiger charge is -2.12. The summed E-state index contributed by atoms with van der Waals surface area (Å²) in [5.41, 5.74) is 6.79. The highest BCUT2D eigenvalue weighted by Gasteiger charge is 2.05. The number of nitrogen functional groups attached to an aromatic ring is 1. The Hall–Kier alpha value is -0.800. The molecule has 1 aromatic heterocycles. The van der Waals surface area contributed by atoms with Crippen molar-refractivity contribution < 1.29 is 0 Å². The van der Waals surface area contributed by atoms with E-state index in [0.29, 0.717) is 16.9 Å². The second kappa shape index (κ2) is 5.93. The van der Waals surface area contributed by atoms with E-state index in [9.17, 15) is 0 Å². The lowest BCUT2D eigenvalue weighted by Crippen LogP contribution is -2.26. The van der Waals surface area contributed by atoms with Gasteiger partial charge in [-0.05, 0) is 37.9 Å². The molecule has 0 radical (unpaired) electrons. The van der Waals surface area contributed by atoms with Crippen LogP contribution in [0.15, 0.2) is 12.3 Å². The van der Waals surface area contributed by atoms with Gasteiger partial charge >= 0.3 is 0 Å². The standard InChI is InChI=1S/C11H18ClN3/c1-3-14-8(2)4-5-9-6-10(12)7-15-11(9)13/h6-8,14H,3-5H2,1-2H3,(H2,13,15). The second-order valence-electron chi connectivity index (χ2n) is 3.70. The van der Waals surface area contributed by atoms with E-state index in [2.05, 4.69) is 24.1 Å². The van der Waals surface area contributed by atoms with Crippen molar-refractivity contribution in [2.24, 2.45) is 0 Å². The maximum absolute atomic E-state index is 5.86. The molecule has 0 saturated carbocycles. The molecule has 3 N–H and O–H groups in total. The van der Waals surface area contributed by atoms with Crippen molar-refractivity contribution in [3.05, 3.63) is 22.8 Å². The first-order valence-electron chi connectivity index (χ1n) is 5.26. The largest absolute Gasteiger partial charge is 0.383 e. The van der Waals surface area contributed by atoms with Gasteiger partial charge in [0.25, 0.3) is 0 Å². The first kappa shape index (κ1) is 12.3. The normalized spacial score (nSPS) is 12.7. The Balaban J connectivity index is 2.53. The van der Waals surface area contributed by atoms with E-state index >= 15 is 0 Å². The van der Waals surface area contributed by atoms with Crippen LogP contribution in [-0.4, -0.2) is 17.6 Å². The van der Waals surface area contributed by atoms with Gasteiger partial charge in [-0.15, -0.1) is 0 Å². The van der Waals surface area contributed by atoms with E-state index in [4.69, 9.17) is 17.3 Å². The lowest BCUT2D eigenvalue weighted by atomic mass is 10.1. The summed E-state index contributed by atoms with van der Waals surface area (Å²) < 4.78 is 0. The van der Waals surface area contributed by atoms with Gasteiger partial charge in [-0.25, -0.2) is 4.98 Å². The first-order valence-corrected chi connectivity index (χ1v) is 5.64. The van der Waals surface area contributed by atoms with Crippen molar-refractivity contribution in [2.45, 2.75) is 32.7 Å². The molecule has 0 aliphatic carbocycles. The molecule has 15 heavy (non-hydrogen) atoms. The molecule has 0 bridgehead atoms. The number of nitrogens with two attached hydrogens (primary N) is 1. The third kappa shape index (κ3) is 4.06. The molecule has 3 nitrogen and oxygen atoms in total. The molecule has 1 aromatic rings. The van der Waals surface area contributed by atoms with E-state index in [0.717, 1.165) is 24.9 Å². The van der Waals surface area contributed by atoms with Crippen LogP contribution in [0.4, 0.5) is 5.82 Å². The van der Waals surface area contributed by atoms with Crippen LogP contribution >= 0.6 is 11.6 Å². The van der Waals surface area contributed by atoms with Gasteiger partial charge < -0.3 is 11.1 Å². The van der Waals surface area contributed by atoms with E-state index in [1.807, 2.05) is 6.07 Å². The fraction of sp³-hybridized carbons (Fsp3) is 0.545. The highest BCUT2D eigenvalue weighted by molar-refractivity contribution is 6.30. The average molecular weight is 228 g/mol. The number of hydrogen-bond acceptors (Lipinski definition) is 3. The summed E-state index contributed by atoms with van der Waals surface area (Å²) in [6.07, 6.45) is 3.53. The van der Waals surface area contributed by atoms with Gasteiger partial charge in [0, 0.05) is 12.2 Å². The average Bonchev–Trinajstić information content (AvgIpc) is 2.20. The van der Waals surface area contributed by atoms with Gasteiger partial charge in [-0.3, -0.25) is 0 Å². The fourth-order valence-electron chi connectivity index (χ4n) is 1.51. The smallest absolute Gasteiger partial charge is 0.126 e. The summed E-state index contributed by atoms with van der Waals surface area (Å²) in [6, 6.07) is 2.39. The Bertz CT molecular complexity index is 315. The molecule has 0 amide bonds. The molecule has 1 rings (SSSR count). The van der Waals surface area contributed by atoms with Gasteiger partial charge in [-0.1, -0.05) is 18.5 Å². The lowest BCUT2D eigenvalue weighted by molar-refractivity contribution is 0.531. The summed E-state index contributed by atoms with van der Waals surface area (Å²) in [5, 5.41) is 4.00. The predicted molar refractivity (Wildman–Crippen MR) is 65.1 cm³/mol. The zero-order valence-electron chi connectivity index (χ0n) is 9.26. The Morgan fingerprint density at radius 1 is 1.60 bits per heavy atom. The molecule has 1 unspecified atom stereocenters. The van der Waals surface area contributed by atoms with Crippen LogP contribution in [-0.2, 0) is 6.42 Å². The number of aryl methyl sites for hydroxylation is 1. The van der Waals surface area contributed by atoms with Crippen LogP contribution in [0.5, 0.6) is 0 Å². The molecule has 0 spiro atoms. The molecule has 0 aromatic carbocycles. The Morgan fingerprint density at radius 3 is 3.00 bits per heavy atom. The molecule has 0 aliphatic rings. The molecule has 0 fully saturated rings. The number of nitrogens with one attached hydrogen (secondary N) is 1. The van der Waals surface area contributed by atoms with Crippen LogP contribution in [0.3, 0.4) is 0 Å². The van der Waals surface area contributed by atoms with Crippen LogP contribution in [0.1, 0.15) is 25.8 Å². The van der Waals surface area contributed by atoms with Gasteiger partial charge in [0.2, 0.25) is 0 Å². The number of pyridine rings is 1. The van der Waals surface area contributed by atoms with Crippen molar-refractivity contribution in [2.75, 3.05) is 12.3 Å². The summed E-state index contributed by atoms with van der Waals surface area (Å²) in [6.45, 7) is 5.26. The van der Waals surface area contributed by atoms with E-state index in [1.54, 1.807) is 6.20 Å². The highest BCUT2D eigenvalue weighted by Crippen LogP contribution is 2.16. The third-order valence-electron chi connectivity index (χ3n) is 2.37. The van der Waals surface area contributed by atoms with Crippen LogP contribution in [0.2, 0.25) is 5.02 Å². The third-order valence-corrected chi connectivity index (χ3v) is 2.57. The Labute approximate surface area is 96.0 Å². The Kier molecular flexibility index (Phi) is 4.85. The summed E-state index contributed by atoms with van der Waals surface area (Å²) in [4.78, 5) is 4.03. The number of rotatable bonds is 5. The minimum absolute atomic E-state index is 0.494. The van der Waals surface area contributed by atoms with E-state index in [-0.39, 0.29) is 0 Å². The van der Waals surface area contributed by atoms with Gasteiger partial charge in [0.1, 0.15) is 5.82 Å². The van der Waals surface area contributed by atoms with Crippen molar-refractivity contribution in [3.8, 4) is 0 Å². The second-order valence-corrected chi connectivity index (χ2v) is 4.13. The van der Waals surface area contributed by atoms with Crippen LogP contribution < -0.4 is 11.1 Å². The maximum atomic E-state index is 5.86. The molecule has 84 valence electrons. The molecule has 1 atom stereocenters. The number of anilines is 1. The monoisotopic (exact) mass is 227 g/mol. The Morgan fingerprint density at radius 2 is 2.33 bits per heavy atom. The van der Waals surface area contributed by atoms with Crippen molar-refractivity contribution in [1.82, 2.24) is 10.3 Å². The molecule has 0 saturated heterocycles. The molecule has 0 aliphatic heterocycles. The fourth-order valence-corrected chi connectivity index (χ4v) is 1.70. The summed E-state index contributed by atoms with van der Waals surface area (Å²) in [7, 11) is 0. The molecule has 1 heterocycles. The van der Waals surface area contributed by atoms with Gasteiger partial charge in [-0.2, -0.15) is 0 Å². The summed E-state index contributed by atoms with van der Waals surface area (Å²) in [5.74, 6) is 0.586. The van der Waals surface area contributed by atoms with Crippen LogP contribution in [0.25, 0.3) is 0 Å². The minimum atomic E-state index is 0.494. The quantitative estimate of drug-likeness (QED) is 0.811. The zero-order chi connectivity index (χ0) is 11.3. The zero-order valence-corrected chi connectivity index (χ0v) is 10.0. The summed E-state index contributed by atoms with van der Waals surface area (Å²) >= 11 is 5.86. The van der Waals surface area contributed by atoms with Crippen molar-refractivity contribution in [1.29, 1.82) is 0 Å². The van der Waals surface area contributed by atoms with Crippen molar-refractivity contribution in [3.63, 3.8) is 0 Å². The van der Waals surface area contributed by atoms with Gasteiger partial charge in [0.05, 0.1) is 5.02 Å². The predicted octanol–water partition coefficient (Wildman–Crippen LogP) is 2.25. The van der Waals surface area contributed by atoms with Crippen molar-refractivity contribution >= 4 is 17.4 Å². The van der Waals surface area contributed by atoms with E-state index in [1.165, 1.54) is 0 Å². The first-order chi connectivity index (χ1) is 7.13. The highest BCUT2D eigenvalue weighted by atomic mass is 35.5. The molecule has 4 heteroatoms. The van der Waals surface area contributed by atoms with Crippen LogP contribution in [0, 0.1) is 0 Å². The maximum Gasteiger partial charge on any atom is 0.126 e. The topological polar surface area (TPSA) is 50.9 Å². The number of halogens is 1. The minimum Gasteiger partial charge on any atom is -0.383 e. The van der Waals surface area contributed by atoms with Gasteiger partial charge in [0.15, 0.2) is 0 Å². The SMILES string of the molecule is CCNC(C)CCc1cc(Cl)cnc1N. The molecular weight excluding hydrogens is 210 g/mol. The van der Waals surface area contributed by atoms with E-state index < -0.39 is 0 Å².